The molecule has 0 radical (unpaired) electrons. The fourth-order valence-electron chi connectivity index (χ4n) is 19.1. The van der Waals surface area contributed by atoms with Crippen LogP contribution in [0.2, 0.25) is 0 Å². The van der Waals surface area contributed by atoms with E-state index in [0.29, 0.717) is 0 Å². The monoisotopic (exact) mass is 2140 g/mol. The molecule has 60 atom stereocenters. The van der Waals surface area contributed by atoms with E-state index in [1.807, 2.05) is 0 Å². The standard InChI is InChI=1S/C82H137N5O59/c1-18-40(101)51(112)56(117)76(126-18)124-17-34-65(48(109)35(71(123)128-34)83-20(3)96)139-73-37(85-22(5)98)49(110)63(30(13-93)133-73)141-80-61(122)68(46(107)33(137-80)16-125-81-69(55(116)45(106)28(11-91)132-81)145-74-38(86-23(6)99)50(111)62(29(12-92)134-74)140-78-58(119)53(114)43(104)26(9-89)130-78)144-82-70(60(121)64(31(14-94)136-82)138-72-36(84-21(4)97)47(108)42(103)25(8-88)129-72)146-75-39(87-24(7)100)67(143-77-57(118)52(113)41(102)19(2)127-77)66(32(15-95)135-75)142-79-59(120)54(115)44(105)27(10-90)131-79/h18-19,25-82,88-95,101-123H,8-17H2,1-7H3,(H,83,96)(H,84,97)(H,85,98)(H,86,99)(H,87,100)/t18-,19-,25+,26+,27+,28+,29+,30+,31+,32+,33+,34+,35+,36+,37+,38+,39+,40+,41+,42+,43-,44-,45+,46+,47+,48+,49+,50+,51+,52+,53-,54-,55-,56-,57-,58+,59+,60-,61-,62+,63+,64+,65+,66+,67+,68-,69-,70-,71+,72-,73-,74-,75-,76+,77-,78-,79-,80-,81-,82+/m0/s1. The zero-order chi connectivity index (χ0) is 107. The number of carbonyl (C=O) groups is 5. The fourth-order valence-corrected chi connectivity index (χ4v) is 19.1. The lowest BCUT2D eigenvalue weighted by atomic mass is 9.93. The van der Waals surface area contributed by atoms with Gasteiger partial charge >= 0.3 is 0 Å². The molecule has 12 saturated heterocycles. The van der Waals surface area contributed by atoms with E-state index < -0.39 is 464 Å². The van der Waals surface area contributed by atoms with Crippen LogP contribution in [0.3, 0.4) is 0 Å². The number of hydrogen-bond acceptors (Lipinski definition) is 59. The van der Waals surface area contributed by atoms with Crippen molar-refractivity contribution in [3.8, 4) is 0 Å². The number of amides is 5. The summed E-state index contributed by atoms with van der Waals surface area (Å²) in [6.07, 6.45) is -119. The third-order valence-electron chi connectivity index (χ3n) is 27.0. The van der Waals surface area contributed by atoms with Crippen molar-refractivity contribution < 1.29 is 291 Å². The van der Waals surface area contributed by atoms with Crippen molar-refractivity contribution in [2.45, 2.75) is 417 Å². The van der Waals surface area contributed by atoms with Crippen molar-refractivity contribution in [2.75, 3.05) is 66.1 Å². The molecule has 12 aliphatic heterocycles. The predicted molar refractivity (Wildman–Crippen MR) is 450 cm³/mol. The summed E-state index contributed by atoms with van der Waals surface area (Å²) in [6.45, 7) is -4.99. The first-order valence-corrected chi connectivity index (χ1v) is 46.9. The molecule has 5 amide bonds. The van der Waals surface area contributed by atoms with Crippen LogP contribution in [0, 0.1) is 0 Å². The molecular weight excluding hydrogens is 2000 g/mol. The lowest BCUT2D eigenvalue weighted by Gasteiger charge is -2.53. The van der Waals surface area contributed by atoms with Crippen molar-refractivity contribution in [2.24, 2.45) is 0 Å². The van der Waals surface area contributed by atoms with Crippen LogP contribution in [0.15, 0.2) is 0 Å². The van der Waals surface area contributed by atoms with Gasteiger partial charge in [-0.15, -0.1) is 0 Å². The average molecular weight is 2140 g/mol. The largest absolute Gasteiger partial charge is 0.394 e. The summed E-state index contributed by atoms with van der Waals surface area (Å²) in [6, 6.07) is -10.1. The number of aliphatic hydroxyl groups excluding tert-OH is 31. The first-order valence-electron chi connectivity index (χ1n) is 46.9. The summed E-state index contributed by atoms with van der Waals surface area (Å²) in [4.78, 5) is 66.2. The van der Waals surface area contributed by atoms with E-state index in [4.69, 9.17) is 109 Å². The van der Waals surface area contributed by atoms with Gasteiger partial charge in [-0.2, -0.15) is 0 Å². The molecule has 36 N–H and O–H groups in total. The summed E-state index contributed by atoms with van der Waals surface area (Å²) < 4.78 is 140. The molecule has 0 bridgehead atoms. The van der Waals surface area contributed by atoms with Gasteiger partial charge in [-0.05, 0) is 13.8 Å². The number of aliphatic hydroxyl groups is 31. The van der Waals surface area contributed by atoms with Crippen molar-refractivity contribution in [1.82, 2.24) is 26.6 Å². The van der Waals surface area contributed by atoms with Crippen LogP contribution in [-0.4, -0.2) is 622 Å². The number of hydrogen-bond donors (Lipinski definition) is 36. The van der Waals surface area contributed by atoms with Gasteiger partial charge in [-0.3, -0.25) is 24.0 Å². The Morgan fingerprint density at radius 2 is 0.452 bits per heavy atom. The van der Waals surface area contributed by atoms with E-state index in [-0.39, 0.29) is 0 Å². The van der Waals surface area contributed by atoms with Crippen molar-refractivity contribution in [3.63, 3.8) is 0 Å². The maximum atomic E-state index is 13.9. The predicted octanol–water partition coefficient (Wildman–Crippen LogP) is -24.4. The van der Waals surface area contributed by atoms with Crippen molar-refractivity contribution in [3.05, 3.63) is 0 Å². The quantitative estimate of drug-likeness (QED) is 0.0275. The highest BCUT2D eigenvalue weighted by molar-refractivity contribution is 5.75. The Balaban J connectivity index is 0.951. The minimum atomic E-state index is -2.81. The van der Waals surface area contributed by atoms with Crippen LogP contribution in [0.5, 0.6) is 0 Å². The van der Waals surface area contributed by atoms with E-state index >= 15 is 0 Å². The zero-order valence-corrected chi connectivity index (χ0v) is 79.0. The lowest BCUT2D eigenvalue weighted by Crippen LogP contribution is -2.72. The smallest absolute Gasteiger partial charge is 0.217 e. The molecule has 12 heterocycles. The highest BCUT2D eigenvalue weighted by Crippen LogP contribution is 2.43. The Kier molecular flexibility index (Phi) is 42.8. The van der Waals surface area contributed by atoms with Crippen LogP contribution >= 0.6 is 0 Å². The second kappa shape index (κ2) is 52.2. The molecule has 0 aromatic carbocycles. The SMILES string of the molecule is CC(=O)N[C@@H]1[C@@H](O)[C@H](O[C@@H]2O[C@H](CO)[C@@H](O[C@@H]3O[C@H](CO[C@H]4O[C@H](CO)[C@@H](O)[C@H](O)[C@@H]4O[C@@H]4O[C@H](CO)[C@@H](O[C@@H]5O[C@H](CO)[C@H](O)[C@H](O)[C@H]5O)[C@H](O)[C@H]4NC(C)=O)[C@@H](O)[C@H](O[C@H]4O[C@H](CO)[C@@H](O[C@@H]5O[C@H](CO)[C@@H](O)[C@H](O)[C@H]5NC(C)=O)[C@H](O)[C@@H]4O[C@@H]4O[C@H](CO)[C@@H](O[C@@H]5O[C@H](CO)[C@H](O)[C@H](O)[C@H]5O)[C@H](O[C@@H]5O[C@@H](C)[C@@H](O)[C@@H](O)[C@@H]5O)[C@H]4NC(C)=O)[C@@H]3O)[C@H](O)[C@H]2NC(C)=O)[C@@H](CO[C@@H]2O[C@@H](C)[C@@H](O)[C@@H](O)[C@@H]2O)O[C@H]1O. The summed E-state index contributed by atoms with van der Waals surface area (Å²) >= 11 is 0. The van der Waals surface area contributed by atoms with Gasteiger partial charge in [-0.1, -0.05) is 0 Å². The molecular formula is C82H137N5O59. The average Bonchev–Trinajstić information content (AvgIpc) is 0.902. The van der Waals surface area contributed by atoms with Gasteiger partial charge in [-0.25, -0.2) is 0 Å². The summed E-state index contributed by atoms with van der Waals surface area (Å²) in [5.74, 6) is -5.02. The van der Waals surface area contributed by atoms with Gasteiger partial charge in [0.2, 0.25) is 29.5 Å². The lowest BCUT2D eigenvalue weighted by molar-refractivity contribution is -0.409. The first kappa shape index (κ1) is 120. The summed E-state index contributed by atoms with van der Waals surface area (Å²) in [5, 5.41) is 364. The molecule has 12 fully saturated rings. The third-order valence-corrected chi connectivity index (χ3v) is 27.0. The highest BCUT2D eigenvalue weighted by atomic mass is 16.8. The van der Waals surface area contributed by atoms with Gasteiger partial charge in [0, 0.05) is 34.6 Å². The Bertz CT molecular complexity index is 4090. The van der Waals surface area contributed by atoms with E-state index in [2.05, 4.69) is 26.6 Å². The minimum absolute atomic E-state index is 0.852. The van der Waals surface area contributed by atoms with Crippen LogP contribution in [-0.2, 0) is 133 Å². The molecule has 0 aromatic heterocycles. The Hall–Kier alpha value is -4.81. The summed E-state index contributed by atoms with van der Waals surface area (Å²) in [5.41, 5.74) is 0. The van der Waals surface area contributed by atoms with Crippen LogP contribution in [0.4, 0.5) is 0 Å². The Labute approximate surface area is 827 Å². The van der Waals surface area contributed by atoms with E-state index in [1.54, 1.807) is 0 Å². The zero-order valence-electron chi connectivity index (χ0n) is 79.0. The van der Waals surface area contributed by atoms with E-state index in [0.717, 1.165) is 34.6 Å². The molecule has 12 aliphatic rings. The fraction of sp³-hybridized carbons (Fsp3) is 0.939. The minimum Gasteiger partial charge on any atom is -0.394 e. The highest BCUT2D eigenvalue weighted by Gasteiger charge is 2.64. The number of ether oxygens (including phenoxy) is 23. The molecule has 844 valence electrons. The molecule has 0 aliphatic carbocycles. The molecule has 0 spiro atoms. The summed E-state index contributed by atoms with van der Waals surface area (Å²) in [7, 11) is 0. The molecule has 0 aromatic rings. The molecule has 64 heteroatoms. The first-order chi connectivity index (χ1) is 69.0. The number of nitrogens with one attached hydrogen (secondary N) is 5. The number of carbonyl (C=O) groups excluding carboxylic acids is 5. The Morgan fingerprint density at radius 1 is 0.192 bits per heavy atom. The third kappa shape index (κ3) is 26.4. The van der Waals surface area contributed by atoms with Crippen molar-refractivity contribution in [1.29, 1.82) is 0 Å². The van der Waals surface area contributed by atoms with Gasteiger partial charge in [0.15, 0.2) is 75.5 Å². The second-order valence-electron chi connectivity index (χ2n) is 37.3. The van der Waals surface area contributed by atoms with Gasteiger partial charge in [0.25, 0.3) is 0 Å². The maximum Gasteiger partial charge on any atom is 0.217 e. The van der Waals surface area contributed by atoms with Crippen LogP contribution in [0.1, 0.15) is 48.5 Å². The van der Waals surface area contributed by atoms with E-state index in [9.17, 15) is 182 Å². The van der Waals surface area contributed by atoms with Crippen molar-refractivity contribution >= 4 is 29.5 Å². The normalized spacial score (nSPS) is 49.8. The Morgan fingerprint density at radius 3 is 0.890 bits per heavy atom. The molecule has 64 nitrogen and oxygen atoms in total. The second-order valence-corrected chi connectivity index (χ2v) is 37.3. The molecule has 12 rings (SSSR count). The molecule has 0 unspecified atom stereocenters. The topological polar surface area (TPSA) is 985 Å². The van der Waals surface area contributed by atoms with Crippen LogP contribution < -0.4 is 26.6 Å². The molecule has 0 saturated carbocycles. The molecule has 146 heavy (non-hydrogen) atoms. The van der Waals surface area contributed by atoms with E-state index in [1.165, 1.54) is 13.8 Å². The van der Waals surface area contributed by atoms with Gasteiger partial charge < -0.3 is 294 Å². The van der Waals surface area contributed by atoms with Crippen LogP contribution in [0.25, 0.3) is 0 Å². The van der Waals surface area contributed by atoms with Gasteiger partial charge in [0.1, 0.15) is 280 Å². The number of rotatable bonds is 37. The van der Waals surface area contributed by atoms with Gasteiger partial charge in [0.05, 0.1) is 78.3 Å². The maximum absolute atomic E-state index is 13.9.